The van der Waals surface area contributed by atoms with Gasteiger partial charge in [-0.3, -0.25) is 9.59 Å². The van der Waals surface area contributed by atoms with Gasteiger partial charge in [0.25, 0.3) is 5.91 Å². The molecular weight excluding hydrogens is 452 g/mol. The molecule has 0 aliphatic heterocycles. The van der Waals surface area contributed by atoms with Gasteiger partial charge in [-0.2, -0.15) is 0 Å². The number of halogens is 1. The minimum Gasteiger partial charge on any atom is -0.497 e. The normalized spacial score (nSPS) is 14.9. The van der Waals surface area contributed by atoms with Crippen LogP contribution in [0.2, 0.25) is 5.02 Å². The first-order valence-corrected chi connectivity index (χ1v) is 12.0. The maximum Gasteiger partial charge on any atom is 0.290 e. The Hall–Kier alpha value is -3.25. The van der Waals surface area contributed by atoms with E-state index in [9.17, 15) is 9.59 Å². The molecule has 2 aromatic carbocycles. The van der Waals surface area contributed by atoms with Crippen molar-refractivity contribution in [3.05, 3.63) is 88.8 Å². The van der Waals surface area contributed by atoms with Gasteiger partial charge in [0.05, 0.1) is 13.4 Å². The lowest BCUT2D eigenvalue weighted by Gasteiger charge is -2.33. The van der Waals surface area contributed by atoms with Crippen LogP contribution in [0.5, 0.6) is 5.75 Å². The van der Waals surface area contributed by atoms with Crippen LogP contribution in [0.3, 0.4) is 0 Å². The third kappa shape index (κ3) is 5.62. The smallest absolute Gasteiger partial charge is 0.290 e. The summed E-state index contributed by atoms with van der Waals surface area (Å²) in [6.07, 6.45) is 6.70. The van der Waals surface area contributed by atoms with E-state index < -0.39 is 6.04 Å². The maximum atomic E-state index is 13.8. The molecule has 1 fully saturated rings. The van der Waals surface area contributed by atoms with E-state index in [1.165, 1.54) is 17.6 Å². The van der Waals surface area contributed by atoms with Crippen molar-refractivity contribution in [2.75, 3.05) is 7.11 Å². The van der Waals surface area contributed by atoms with E-state index in [1.54, 1.807) is 37.4 Å². The Morgan fingerprint density at radius 1 is 1.06 bits per heavy atom. The minimum absolute atomic E-state index is 0.0999. The molecular formula is C27H29ClN2O4. The maximum absolute atomic E-state index is 13.8. The number of benzene rings is 2. The Labute approximate surface area is 204 Å². The molecule has 7 heteroatoms. The van der Waals surface area contributed by atoms with Crippen molar-refractivity contribution in [2.24, 2.45) is 0 Å². The summed E-state index contributed by atoms with van der Waals surface area (Å²) >= 11 is 6.44. The van der Waals surface area contributed by atoms with E-state index >= 15 is 0 Å². The summed E-state index contributed by atoms with van der Waals surface area (Å²) in [6.45, 7) is 0.147. The second-order valence-corrected chi connectivity index (χ2v) is 8.93. The van der Waals surface area contributed by atoms with Crippen LogP contribution in [0.1, 0.15) is 59.8 Å². The number of hydrogen-bond acceptors (Lipinski definition) is 4. The number of rotatable bonds is 8. The number of nitrogens with one attached hydrogen (secondary N) is 1. The lowest BCUT2D eigenvalue weighted by atomic mass is 9.94. The molecule has 4 rings (SSSR count). The van der Waals surface area contributed by atoms with E-state index in [4.69, 9.17) is 20.8 Å². The van der Waals surface area contributed by atoms with Crippen molar-refractivity contribution in [1.82, 2.24) is 10.2 Å². The van der Waals surface area contributed by atoms with E-state index in [1.807, 2.05) is 30.3 Å². The third-order valence-corrected chi connectivity index (χ3v) is 6.60. The summed E-state index contributed by atoms with van der Waals surface area (Å²) in [5.41, 5.74) is 1.43. The zero-order chi connectivity index (χ0) is 23.9. The van der Waals surface area contributed by atoms with Gasteiger partial charge in [-0.25, -0.2) is 0 Å². The van der Waals surface area contributed by atoms with Gasteiger partial charge in [-0.1, -0.05) is 61.2 Å². The first kappa shape index (κ1) is 23.9. The van der Waals surface area contributed by atoms with Crippen LogP contribution < -0.4 is 10.1 Å². The van der Waals surface area contributed by atoms with Crippen LogP contribution >= 0.6 is 11.6 Å². The molecule has 1 aromatic heterocycles. The average Bonchev–Trinajstić information content (AvgIpc) is 3.40. The Bertz CT molecular complexity index is 1090. The van der Waals surface area contributed by atoms with Crippen molar-refractivity contribution in [2.45, 2.75) is 50.7 Å². The summed E-state index contributed by atoms with van der Waals surface area (Å²) in [5.74, 6) is 0.231. The van der Waals surface area contributed by atoms with Gasteiger partial charge in [-0.15, -0.1) is 0 Å². The molecule has 0 bridgehead atoms. The Kier molecular flexibility index (Phi) is 7.91. The van der Waals surface area contributed by atoms with Crippen molar-refractivity contribution in [1.29, 1.82) is 0 Å². The Morgan fingerprint density at radius 2 is 1.79 bits per heavy atom. The number of furan rings is 1. The van der Waals surface area contributed by atoms with Crippen molar-refractivity contribution < 1.29 is 18.7 Å². The number of methoxy groups -OCH3 is 1. The number of amides is 2. The molecule has 0 unspecified atom stereocenters. The number of nitrogens with zero attached hydrogens (tertiary/aromatic N) is 1. The highest BCUT2D eigenvalue weighted by Gasteiger charge is 2.34. The zero-order valence-corrected chi connectivity index (χ0v) is 20.0. The molecule has 178 valence electrons. The van der Waals surface area contributed by atoms with Gasteiger partial charge in [-0.05, 0) is 54.3 Å². The van der Waals surface area contributed by atoms with Crippen LogP contribution in [-0.2, 0) is 11.3 Å². The molecule has 1 aliphatic rings. The van der Waals surface area contributed by atoms with Crippen LogP contribution in [0.15, 0.2) is 71.3 Å². The van der Waals surface area contributed by atoms with Crippen LogP contribution in [0.25, 0.3) is 0 Å². The fraction of sp³-hybridized carbons (Fsp3) is 0.333. The quantitative estimate of drug-likeness (QED) is 0.444. The molecule has 1 N–H and O–H groups in total. The summed E-state index contributed by atoms with van der Waals surface area (Å²) in [5, 5.41) is 3.73. The van der Waals surface area contributed by atoms with Gasteiger partial charge >= 0.3 is 0 Å². The second-order valence-electron chi connectivity index (χ2n) is 8.52. The molecule has 6 nitrogen and oxygen atoms in total. The average molecular weight is 481 g/mol. The van der Waals surface area contributed by atoms with Gasteiger partial charge in [0.1, 0.15) is 11.8 Å². The zero-order valence-electron chi connectivity index (χ0n) is 19.2. The monoisotopic (exact) mass is 480 g/mol. The number of carbonyl (C=O) groups excluding carboxylic acids is 2. The predicted molar refractivity (Wildman–Crippen MR) is 131 cm³/mol. The lowest BCUT2D eigenvalue weighted by molar-refractivity contribution is -0.127. The van der Waals surface area contributed by atoms with Crippen LogP contribution in [0, 0.1) is 0 Å². The van der Waals surface area contributed by atoms with Gasteiger partial charge in [0, 0.05) is 17.6 Å². The number of hydrogen-bond donors (Lipinski definition) is 1. The van der Waals surface area contributed by atoms with Gasteiger partial charge < -0.3 is 19.4 Å². The van der Waals surface area contributed by atoms with Crippen molar-refractivity contribution in [3.8, 4) is 5.75 Å². The van der Waals surface area contributed by atoms with E-state index in [0.717, 1.165) is 31.2 Å². The van der Waals surface area contributed by atoms with Crippen molar-refractivity contribution >= 4 is 23.4 Å². The Balaban J connectivity index is 1.74. The summed E-state index contributed by atoms with van der Waals surface area (Å²) < 4.78 is 10.7. The molecule has 0 saturated heterocycles. The van der Waals surface area contributed by atoms with Crippen molar-refractivity contribution in [3.63, 3.8) is 0 Å². The second kappa shape index (κ2) is 11.3. The van der Waals surface area contributed by atoms with Crippen LogP contribution in [0.4, 0.5) is 0 Å². The highest BCUT2D eigenvalue weighted by atomic mass is 35.5. The summed E-state index contributed by atoms with van der Waals surface area (Å²) in [7, 11) is 1.59. The minimum atomic E-state index is -0.873. The van der Waals surface area contributed by atoms with Gasteiger partial charge in [0.15, 0.2) is 5.76 Å². The number of ether oxygens (including phenoxy) is 1. The van der Waals surface area contributed by atoms with E-state index in [-0.39, 0.29) is 30.2 Å². The molecule has 1 saturated carbocycles. The molecule has 1 atom stereocenters. The summed E-state index contributed by atoms with van der Waals surface area (Å²) in [4.78, 5) is 28.9. The largest absolute Gasteiger partial charge is 0.497 e. The predicted octanol–water partition coefficient (Wildman–Crippen LogP) is 5.77. The van der Waals surface area contributed by atoms with Gasteiger partial charge in [0.2, 0.25) is 5.91 Å². The first-order valence-electron chi connectivity index (χ1n) is 11.6. The molecule has 3 aromatic rings. The van der Waals surface area contributed by atoms with Crippen LogP contribution in [-0.4, -0.2) is 29.9 Å². The molecule has 0 spiro atoms. The fourth-order valence-corrected chi connectivity index (χ4v) is 4.61. The molecule has 2 amide bonds. The van der Waals surface area contributed by atoms with E-state index in [0.29, 0.717) is 16.3 Å². The number of carbonyl (C=O) groups is 2. The molecule has 1 heterocycles. The van der Waals surface area contributed by atoms with E-state index in [2.05, 4.69) is 5.32 Å². The fourth-order valence-electron chi connectivity index (χ4n) is 4.42. The Morgan fingerprint density at radius 3 is 2.44 bits per heavy atom. The topological polar surface area (TPSA) is 71.8 Å². The molecule has 34 heavy (non-hydrogen) atoms. The molecule has 0 radical (unpaired) electrons. The highest BCUT2D eigenvalue weighted by molar-refractivity contribution is 6.31. The third-order valence-electron chi connectivity index (χ3n) is 6.23. The lowest BCUT2D eigenvalue weighted by Crippen LogP contribution is -2.46. The molecule has 1 aliphatic carbocycles. The standard InChI is InChI=1S/C27H29ClN2O4/c1-33-22-15-13-19(14-16-22)25(26(31)29-21-9-3-2-4-10-21)30(27(32)24-12-7-17-34-24)18-20-8-5-6-11-23(20)28/h5-8,11-17,21,25H,2-4,9-10,18H2,1H3,(H,29,31)/t25-/m0/s1. The summed E-state index contributed by atoms with van der Waals surface area (Å²) in [6, 6.07) is 17.0. The highest BCUT2D eigenvalue weighted by Crippen LogP contribution is 2.30. The first-order chi connectivity index (χ1) is 16.6. The SMILES string of the molecule is COc1ccc([C@@H](C(=O)NC2CCCCC2)N(Cc2ccccc2Cl)C(=O)c2ccco2)cc1.